The van der Waals surface area contributed by atoms with E-state index in [0.717, 1.165) is 11.1 Å². The molecule has 0 fully saturated rings. The third-order valence-electron chi connectivity index (χ3n) is 3.53. The van der Waals surface area contributed by atoms with Gasteiger partial charge in [0.15, 0.2) is 0 Å². The van der Waals surface area contributed by atoms with Crippen LogP contribution in [0.25, 0.3) is 0 Å². The van der Waals surface area contributed by atoms with E-state index in [1.165, 1.54) is 0 Å². The van der Waals surface area contributed by atoms with E-state index in [-0.39, 0.29) is 11.7 Å². The van der Waals surface area contributed by atoms with Gasteiger partial charge in [-0.05, 0) is 37.5 Å². The number of nitrogens with one attached hydrogen (secondary N) is 1. The van der Waals surface area contributed by atoms with Gasteiger partial charge < -0.3 is 16.2 Å². The topological polar surface area (TPSA) is 75.4 Å². The number of anilines is 1. The summed E-state index contributed by atoms with van der Waals surface area (Å²) in [6.07, 6.45) is 0.476. The van der Waals surface area contributed by atoms with Crippen LogP contribution in [-0.2, 0) is 11.2 Å². The van der Waals surface area contributed by atoms with Gasteiger partial charge in [-0.2, -0.15) is 0 Å². The summed E-state index contributed by atoms with van der Waals surface area (Å²) in [5.74, 6) is -0.0605. The maximum absolute atomic E-state index is 12.1. The van der Waals surface area contributed by atoms with Crippen molar-refractivity contribution >= 4 is 11.6 Å². The second kappa shape index (κ2) is 6.41. The number of hydrogen-bond acceptors (Lipinski definition) is 3. The first-order chi connectivity index (χ1) is 9.99. The van der Waals surface area contributed by atoms with Crippen molar-refractivity contribution in [2.75, 3.05) is 5.32 Å². The molecule has 110 valence electrons. The van der Waals surface area contributed by atoms with Gasteiger partial charge in [-0.15, -0.1) is 0 Å². The van der Waals surface area contributed by atoms with Gasteiger partial charge in [-0.1, -0.05) is 36.4 Å². The van der Waals surface area contributed by atoms with Crippen molar-refractivity contribution < 1.29 is 9.90 Å². The second-order valence-corrected chi connectivity index (χ2v) is 5.19. The fourth-order valence-corrected chi connectivity index (χ4v) is 2.16. The number of nitrogens with two attached hydrogens (primary N) is 1. The number of aryl methyl sites for hydroxylation is 1. The number of carbonyl (C=O) groups excluding carboxylic acids is 1. The van der Waals surface area contributed by atoms with E-state index in [1.54, 1.807) is 19.1 Å². The van der Waals surface area contributed by atoms with Crippen LogP contribution < -0.4 is 11.1 Å². The first-order valence-corrected chi connectivity index (χ1v) is 6.88. The Labute approximate surface area is 124 Å². The van der Waals surface area contributed by atoms with Gasteiger partial charge in [0.2, 0.25) is 5.91 Å². The average molecular weight is 284 g/mol. The molecule has 0 spiro atoms. The summed E-state index contributed by atoms with van der Waals surface area (Å²) in [7, 11) is 0. The molecule has 0 heterocycles. The molecule has 2 aromatic rings. The molecule has 1 amide bonds. The van der Waals surface area contributed by atoms with E-state index < -0.39 is 6.04 Å². The van der Waals surface area contributed by atoms with Crippen LogP contribution in [0.1, 0.15) is 16.7 Å². The summed E-state index contributed by atoms with van der Waals surface area (Å²) in [6, 6.07) is 12.6. The maximum Gasteiger partial charge on any atom is 0.241 e. The minimum absolute atomic E-state index is 0.199. The van der Waals surface area contributed by atoms with Crippen molar-refractivity contribution in [3.8, 4) is 5.75 Å². The van der Waals surface area contributed by atoms with Crippen LogP contribution >= 0.6 is 0 Å². The molecule has 0 bridgehead atoms. The van der Waals surface area contributed by atoms with Gasteiger partial charge in [0.1, 0.15) is 5.75 Å². The maximum atomic E-state index is 12.1. The number of phenols is 1. The van der Waals surface area contributed by atoms with Crippen LogP contribution in [0.15, 0.2) is 42.5 Å². The lowest BCUT2D eigenvalue weighted by atomic mass is 10.1. The summed E-state index contributed by atoms with van der Waals surface area (Å²) < 4.78 is 0. The Morgan fingerprint density at radius 2 is 1.86 bits per heavy atom. The molecule has 2 aromatic carbocycles. The lowest BCUT2D eigenvalue weighted by Gasteiger charge is -2.15. The fourth-order valence-electron chi connectivity index (χ4n) is 2.16. The molecule has 1 atom stereocenters. The van der Waals surface area contributed by atoms with Crippen molar-refractivity contribution in [3.63, 3.8) is 0 Å². The fraction of sp³-hybridized carbons (Fsp3) is 0.235. The molecule has 0 saturated carbocycles. The number of benzene rings is 2. The number of rotatable bonds is 4. The van der Waals surface area contributed by atoms with Crippen LogP contribution in [0, 0.1) is 13.8 Å². The van der Waals surface area contributed by atoms with E-state index in [9.17, 15) is 9.90 Å². The molecule has 4 nitrogen and oxygen atoms in total. The van der Waals surface area contributed by atoms with Crippen molar-refractivity contribution in [2.45, 2.75) is 26.3 Å². The third kappa shape index (κ3) is 3.61. The first-order valence-electron chi connectivity index (χ1n) is 6.88. The predicted molar refractivity (Wildman–Crippen MR) is 84.3 cm³/mol. The molecule has 0 aliphatic rings. The van der Waals surface area contributed by atoms with Gasteiger partial charge in [0.25, 0.3) is 0 Å². The highest BCUT2D eigenvalue weighted by Gasteiger charge is 2.16. The van der Waals surface area contributed by atoms with Gasteiger partial charge in [0, 0.05) is 11.3 Å². The molecule has 0 saturated heterocycles. The average Bonchev–Trinajstić information content (AvgIpc) is 2.48. The summed E-state index contributed by atoms with van der Waals surface area (Å²) in [4.78, 5) is 12.1. The molecule has 2 rings (SSSR count). The van der Waals surface area contributed by atoms with Gasteiger partial charge in [-0.3, -0.25) is 4.79 Å². The Hall–Kier alpha value is -2.33. The number of phenolic OH excluding ortho intramolecular Hbond substituents is 1. The van der Waals surface area contributed by atoms with Gasteiger partial charge >= 0.3 is 0 Å². The largest absolute Gasteiger partial charge is 0.507 e. The summed E-state index contributed by atoms with van der Waals surface area (Å²) in [5, 5.41) is 12.7. The van der Waals surface area contributed by atoms with E-state index in [0.29, 0.717) is 17.7 Å². The van der Waals surface area contributed by atoms with E-state index in [4.69, 9.17) is 5.73 Å². The standard InChI is InChI=1S/C17H20N2O2/c1-11-8-9-15(12(2)16(11)20)19-17(21)14(18)10-13-6-4-3-5-7-13/h3-9,14,20H,10,18H2,1-2H3,(H,19,21). The highest BCUT2D eigenvalue weighted by atomic mass is 16.3. The Bertz CT molecular complexity index is 639. The number of amides is 1. The first kappa shape index (κ1) is 15.1. The summed E-state index contributed by atoms with van der Waals surface area (Å²) >= 11 is 0. The molecule has 0 aliphatic carbocycles. The molecule has 4 heteroatoms. The molecule has 0 aliphatic heterocycles. The van der Waals surface area contributed by atoms with Crippen LogP contribution in [-0.4, -0.2) is 17.1 Å². The van der Waals surface area contributed by atoms with E-state index in [1.807, 2.05) is 37.3 Å². The van der Waals surface area contributed by atoms with Crippen LogP contribution in [0.5, 0.6) is 5.75 Å². The van der Waals surface area contributed by atoms with E-state index >= 15 is 0 Å². The second-order valence-electron chi connectivity index (χ2n) is 5.19. The quantitative estimate of drug-likeness (QED) is 0.807. The highest BCUT2D eigenvalue weighted by molar-refractivity contribution is 5.95. The van der Waals surface area contributed by atoms with Crippen LogP contribution in [0.2, 0.25) is 0 Å². The SMILES string of the molecule is Cc1ccc(NC(=O)C(N)Cc2ccccc2)c(C)c1O. The number of aromatic hydroxyl groups is 1. The summed E-state index contributed by atoms with van der Waals surface area (Å²) in [6.45, 7) is 3.58. The zero-order valence-corrected chi connectivity index (χ0v) is 12.3. The lowest BCUT2D eigenvalue weighted by molar-refractivity contribution is -0.117. The Morgan fingerprint density at radius 3 is 2.52 bits per heavy atom. The van der Waals surface area contributed by atoms with E-state index in [2.05, 4.69) is 5.32 Å². The van der Waals surface area contributed by atoms with Crippen LogP contribution in [0.4, 0.5) is 5.69 Å². The molecular formula is C17H20N2O2. The molecule has 21 heavy (non-hydrogen) atoms. The van der Waals surface area contributed by atoms with Gasteiger partial charge in [0.05, 0.1) is 6.04 Å². The minimum Gasteiger partial charge on any atom is -0.507 e. The Balaban J connectivity index is 2.06. The zero-order chi connectivity index (χ0) is 15.4. The predicted octanol–water partition coefficient (Wildman–Crippen LogP) is 2.52. The smallest absolute Gasteiger partial charge is 0.241 e. The minimum atomic E-state index is -0.629. The Kier molecular flexibility index (Phi) is 4.60. The molecule has 0 radical (unpaired) electrons. The molecular weight excluding hydrogens is 264 g/mol. The molecule has 4 N–H and O–H groups in total. The van der Waals surface area contributed by atoms with Crippen molar-refractivity contribution in [2.24, 2.45) is 5.73 Å². The Morgan fingerprint density at radius 1 is 1.19 bits per heavy atom. The number of hydrogen-bond donors (Lipinski definition) is 3. The zero-order valence-electron chi connectivity index (χ0n) is 12.3. The van der Waals surface area contributed by atoms with Crippen molar-refractivity contribution in [1.29, 1.82) is 0 Å². The normalized spacial score (nSPS) is 12.0. The highest BCUT2D eigenvalue weighted by Crippen LogP contribution is 2.28. The van der Waals surface area contributed by atoms with Crippen LogP contribution in [0.3, 0.4) is 0 Å². The van der Waals surface area contributed by atoms with Crippen molar-refractivity contribution in [3.05, 3.63) is 59.2 Å². The molecule has 1 unspecified atom stereocenters. The molecule has 0 aromatic heterocycles. The number of carbonyl (C=O) groups is 1. The lowest BCUT2D eigenvalue weighted by Crippen LogP contribution is -2.37. The summed E-state index contributed by atoms with van der Waals surface area (Å²) in [5.41, 5.74) is 8.97. The monoisotopic (exact) mass is 284 g/mol. The van der Waals surface area contributed by atoms with Gasteiger partial charge in [-0.25, -0.2) is 0 Å². The third-order valence-corrected chi connectivity index (χ3v) is 3.53. The van der Waals surface area contributed by atoms with Crippen molar-refractivity contribution in [1.82, 2.24) is 0 Å².